The molecule has 2 atom stereocenters. The van der Waals surface area contributed by atoms with Crippen molar-refractivity contribution in [1.82, 2.24) is 0 Å². The van der Waals surface area contributed by atoms with Crippen molar-refractivity contribution in [2.24, 2.45) is 0 Å². The fourth-order valence-corrected chi connectivity index (χ4v) is 12.6. The Morgan fingerprint density at radius 3 is 1.83 bits per heavy atom. The molecule has 0 bridgehead atoms. The second kappa shape index (κ2) is 4.28. The molecular weight excluding hydrogens is 224 g/mol. The molecule has 1 aliphatic rings. The topological polar surface area (TPSA) is 36.9 Å². The average Bonchev–Trinajstić information content (AvgIpc) is 1.81. The summed E-state index contributed by atoms with van der Waals surface area (Å²) in [6.07, 6.45) is 0. The van der Waals surface area contributed by atoms with Crippen LogP contribution < -0.4 is 0 Å². The first-order valence-electron chi connectivity index (χ1n) is 4.08. The third-order valence-electron chi connectivity index (χ3n) is 1.51. The summed E-state index contributed by atoms with van der Waals surface area (Å²) in [5, 5.41) is 0. The summed E-state index contributed by atoms with van der Waals surface area (Å²) in [6.45, 7) is 8.18. The summed E-state index contributed by atoms with van der Waals surface area (Å²) in [7, 11) is -5.55. The highest BCUT2D eigenvalue weighted by Crippen LogP contribution is 2.12. The highest BCUT2D eigenvalue weighted by Gasteiger charge is 2.32. The van der Waals surface area contributed by atoms with E-state index in [1.165, 1.54) is 0 Å². The average molecular weight is 241 g/mol. The molecule has 12 heavy (non-hydrogen) atoms. The minimum Gasteiger partial charge on any atom is -0.423 e. The van der Waals surface area contributed by atoms with Crippen LogP contribution in [0.4, 0.5) is 0 Å². The molecule has 0 aromatic carbocycles. The van der Waals surface area contributed by atoms with Crippen LogP contribution in [0.3, 0.4) is 0 Å². The third-order valence-corrected chi connectivity index (χ3v) is 13.5. The molecule has 0 spiro atoms. The Morgan fingerprint density at radius 2 is 1.42 bits per heavy atom. The van der Waals surface area contributed by atoms with Crippen molar-refractivity contribution in [2.45, 2.75) is 26.2 Å². The van der Waals surface area contributed by atoms with E-state index in [9.17, 15) is 0 Å². The largest absolute Gasteiger partial charge is 0.423 e. The van der Waals surface area contributed by atoms with E-state index in [0.717, 1.165) is 0 Å². The Hall–Kier alpha value is 0.708. The van der Waals surface area contributed by atoms with Crippen molar-refractivity contribution < 1.29 is 16.5 Å². The van der Waals surface area contributed by atoms with Gasteiger partial charge in [0.2, 0.25) is 0 Å². The van der Waals surface area contributed by atoms with Crippen LogP contribution in [0.25, 0.3) is 0 Å². The van der Waals surface area contributed by atoms with Gasteiger partial charge >= 0.3 is 8.56 Å². The van der Waals surface area contributed by atoms with Crippen molar-refractivity contribution in [3.8, 4) is 0 Å². The van der Waals surface area contributed by atoms with E-state index in [-0.39, 0.29) is 0 Å². The van der Waals surface area contributed by atoms with Crippen LogP contribution in [-0.4, -0.2) is 37.1 Å². The lowest BCUT2D eigenvalue weighted by molar-refractivity contribution is 0.290. The Bertz CT molecular complexity index is 140. The first-order valence-corrected chi connectivity index (χ1v) is 12.2. The lowest BCUT2D eigenvalue weighted by Gasteiger charge is -2.32. The number of hydrogen-bond acceptors (Lipinski definition) is 4. The van der Waals surface area contributed by atoms with Gasteiger partial charge in [-0.2, -0.15) is 0 Å². The Kier molecular flexibility index (Phi) is 3.85. The van der Waals surface area contributed by atoms with Crippen molar-refractivity contribution >= 4 is 37.1 Å². The maximum Gasteiger partial charge on any atom is 0.313 e. The summed E-state index contributed by atoms with van der Waals surface area (Å²) >= 11 is 0. The van der Waals surface area contributed by atoms with Crippen LogP contribution in [0.1, 0.15) is 0 Å². The second-order valence-corrected chi connectivity index (χ2v) is 13.1. The highest BCUT2D eigenvalue weighted by atomic mass is 28.5. The molecule has 1 heterocycles. The fraction of sp³-hybridized carbons (Fsp3) is 1.00. The van der Waals surface area contributed by atoms with E-state index in [1.54, 1.807) is 0 Å². The van der Waals surface area contributed by atoms with Crippen LogP contribution in [0, 0.1) is 0 Å². The summed E-state index contributed by atoms with van der Waals surface area (Å²) in [5.74, 6) is 0. The summed E-state index contributed by atoms with van der Waals surface area (Å²) in [4.78, 5) is 0. The monoisotopic (exact) mass is 240 g/mol. The smallest absolute Gasteiger partial charge is 0.313 e. The highest BCUT2D eigenvalue weighted by molar-refractivity contribution is 6.78. The van der Waals surface area contributed by atoms with Crippen molar-refractivity contribution in [1.29, 1.82) is 0 Å². The van der Waals surface area contributed by atoms with Gasteiger partial charge in [0.25, 0.3) is 28.6 Å². The molecule has 0 aromatic heterocycles. The maximum atomic E-state index is 5.77. The molecule has 0 N–H and O–H groups in total. The van der Waals surface area contributed by atoms with E-state index in [0.29, 0.717) is 0 Å². The molecule has 1 fully saturated rings. The minimum atomic E-state index is -1.90. The molecule has 1 aliphatic heterocycles. The predicted octanol–water partition coefficient (Wildman–Crippen LogP) is -0.532. The molecule has 4 nitrogen and oxygen atoms in total. The van der Waals surface area contributed by atoms with E-state index in [2.05, 4.69) is 13.1 Å². The molecule has 72 valence electrons. The van der Waals surface area contributed by atoms with Gasteiger partial charge in [0.1, 0.15) is 0 Å². The molecule has 8 heteroatoms. The van der Waals surface area contributed by atoms with Gasteiger partial charge in [-0.1, -0.05) is 0 Å². The zero-order valence-corrected chi connectivity index (χ0v) is 12.7. The van der Waals surface area contributed by atoms with E-state index < -0.39 is 37.1 Å². The number of hydrogen-bond donors (Lipinski definition) is 0. The molecule has 0 radical (unpaired) electrons. The summed E-state index contributed by atoms with van der Waals surface area (Å²) in [5.41, 5.74) is 0. The van der Waals surface area contributed by atoms with Gasteiger partial charge in [0.15, 0.2) is 0 Å². The molecule has 1 rings (SSSR count). The van der Waals surface area contributed by atoms with E-state index in [1.807, 2.05) is 13.1 Å². The molecular formula is C4H16O4Si4. The second-order valence-electron chi connectivity index (χ2n) is 3.22. The standard InChI is InChI=1S/C4H16O4Si4/c1-10-5-9-6-11(2)8-12(3,4)7-10/h10-11H,9H2,1-4H3. The fourth-order valence-electron chi connectivity index (χ4n) is 1.13. The Balaban J connectivity index is 2.51. The first kappa shape index (κ1) is 10.8. The predicted molar refractivity (Wildman–Crippen MR) is 56.4 cm³/mol. The number of rotatable bonds is 0. The lowest BCUT2D eigenvalue weighted by Crippen LogP contribution is -2.48. The molecule has 2 unspecified atom stereocenters. The molecule has 0 saturated carbocycles. The molecule has 0 aliphatic carbocycles. The quantitative estimate of drug-likeness (QED) is 0.534. The summed E-state index contributed by atoms with van der Waals surface area (Å²) in [6, 6.07) is 0. The normalized spacial score (nSPS) is 39.0. The SMILES string of the molecule is C[SiH]1O[SiH2]O[SiH](C)O[Si](C)(C)O1. The van der Waals surface area contributed by atoms with Crippen molar-refractivity contribution in [2.75, 3.05) is 0 Å². The zero-order chi connectivity index (χ0) is 9.19. The zero-order valence-electron chi connectivity index (χ0n) is 7.99. The van der Waals surface area contributed by atoms with Gasteiger partial charge in [-0.15, -0.1) is 0 Å². The maximum absolute atomic E-state index is 5.77. The van der Waals surface area contributed by atoms with Crippen LogP contribution in [0.2, 0.25) is 26.2 Å². The Labute approximate surface area is 80.2 Å². The first-order chi connectivity index (χ1) is 5.49. The van der Waals surface area contributed by atoms with Gasteiger partial charge in [-0.25, -0.2) is 0 Å². The van der Waals surface area contributed by atoms with Gasteiger partial charge in [0.05, 0.1) is 0 Å². The van der Waals surface area contributed by atoms with Crippen LogP contribution >= 0.6 is 0 Å². The van der Waals surface area contributed by atoms with Gasteiger partial charge in [0, 0.05) is 0 Å². The van der Waals surface area contributed by atoms with Crippen LogP contribution in [0.15, 0.2) is 0 Å². The van der Waals surface area contributed by atoms with Crippen molar-refractivity contribution in [3.63, 3.8) is 0 Å². The lowest BCUT2D eigenvalue weighted by atomic mass is 11.9. The molecule has 0 aromatic rings. The minimum absolute atomic E-state index is 0.796. The third kappa shape index (κ3) is 3.61. The van der Waals surface area contributed by atoms with E-state index >= 15 is 0 Å². The van der Waals surface area contributed by atoms with Crippen LogP contribution in [0.5, 0.6) is 0 Å². The van der Waals surface area contributed by atoms with Gasteiger partial charge in [-0.3, -0.25) is 0 Å². The molecule has 0 amide bonds. The Morgan fingerprint density at radius 1 is 1.00 bits per heavy atom. The van der Waals surface area contributed by atoms with Crippen molar-refractivity contribution in [3.05, 3.63) is 0 Å². The molecule has 1 saturated heterocycles. The van der Waals surface area contributed by atoms with Crippen LogP contribution in [-0.2, 0) is 16.5 Å². The van der Waals surface area contributed by atoms with Gasteiger partial charge < -0.3 is 16.5 Å². The summed E-state index contributed by atoms with van der Waals surface area (Å²) < 4.78 is 22.6. The van der Waals surface area contributed by atoms with Gasteiger partial charge in [-0.05, 0) is 26.2 Å². The van der Waals surface area contributed by atoms with E-state index in [4.69, 9.17) is 16.5 Å².